The lowest BCUT2D eigenvalue weighted by atomic mass is 10.1. The SMILES string of the molecule is CSc1ccccc1C(=O)N1CCC[C@H]1C(=O)Nc1ccc(/C=C/c2ccc(NC(=O)[C@@H]3CCCN3C(=O)c3cccnc3SC)cc2)cc1. The number of hydrogen-bond donors (Lipinski definition) is 2. The van der Waals surface area contributed by atoms with Crippen LogP contribution < -0.4 is 10.6 Å². The molecule has 2 aliphatic heterocycles. The van der Waals surface area contributed by atoms with Crippen LogP contribution in [0.2, 0.25) is 0 Å². The van der Waals surface area contributed by atoms with Gasteiger partial charge in [-0.3, -0.25) is 19.2 Å². The zero-order valence-corrected chi connectivity index (χ0v) is 29.6. The van der Waals surface area contributed by atoms with Gasteiger partial charge in [-0.15, -0.1) is 23.5 Å². The van der Waals surface area contributed by atoms with E-state index in [9.17, 15) is 19.2 Å². The summed E-state index contributed by atoms with van der Waals surface area (Å²) in [6.45, 7) is 1.09. The van der Waals surface area contributed by atoms with Gasteiger partial charge in [0.15, 0.2) is 0 Å². The molecule has 3 aromatic carbocycles. The van der Waals surface area contributed by atoms with Gasteiger partial charge in [0.25, 0.3) is 11.8 Å². The fourth-order valence-electron chi connectivity index (χ4n) is 6.41. The highest BCUT2D eigenvalue weighted by atomic mass is 32.2. The highest BCUT2D eigenvalue weighted by Gasteiger charge is 2.36. The van der Waals surface area contributed by atoms with Crippen LogP contribution in [0.4, 0.5) is 11.4 Å². The molecule has 0 spiro atoms. The topological polar surface area (TPSA) is 112 Å². The van der Waals surface area contributed by atoms with E-state index in [1.54, 1.807) is 28.1 Å². The molecule has 50 heavy (non-hydrogen) atoms. The first-order valence-electron chi connectivity index (χ1n) is 16.6. The molecule has 11 heteroatoms. The number of pyridine rings is 1. The van der Waals surface area contributed by atoms with E-state index in [-0.39, 0.29) is 23.6 Å². The summed E-state index contributed by atoms with van der Waals surface area (Å²) in [5, 5.41) is 6.63. The predicted octanol–water partition coefficient (Wildman–Crippen LogP) is 7.18. The van der Waals surface area contributed by atoms with E-state index in [1.807, 2.05) is 97.5 Å². The third kappa shape index (κ3) is 7.95. The summed E-state index contributed by atoms with van der Waals surface area (Å²) >= 11 is 2.94. The summed E-state index contributed by atoms with van der Waals surface area (Å²) in [7, 11) is 0. The van der Waals surface area contributed by atoms with Crippen LogP contribution in [0.5, 0.6) is 0 Å². The van der Waals surface area contributed by atoms with Crippen molar-refractivity contribution in [3.63, 3.8) is 0 Å². The smallest absolute Gasteiger partial charge is 0.257 e. The van der Waals surface area contributed by atoms with E-state index in [0.29, 0.717) is 53.5 Å². The van der Waals surface area contributed by atoms with Crippen molar-refractivity contribution in [2.45, 2.75) is 47.7 Å². The number of amides is 4. The maximum atomic E-state index is 13.3. The van der Waals surface area contributed by atoms with E-state index in [1.165, 1.54) is 23.5 Å². The molecule has 2 N–H and O–H groups in total. The van der Waals surface area contributed by atoms with E-state index < -0.39 is 12.1 Å². The van der Waals surface area contributed by atoms with Gasteiger partial charge in [-0.05, 0) is 97.9 Å². The summed E-state index contributed by atoms with van der Waals surface area (Å²) < 4.78 is 0. The van der Waals surface area contributed by atoms with Gasteiger partial charge in [0.2, 0.25) is 11.8 Å². The van der Waals surface area contributed by atoms with Crippen molar-refractivity contribution in [2.24, 2.45) is 0 Å². The highest BCUT2D eigenvalue weighted by molar-refractivity contribution is 7.98. The second kappa shape index (κ2) is 16.2. The first-order valence-corrected chi connectivity index (χ1v) is 19.0. The molecule has 1 aromatic heterocycles. The molecule has 2 saturated heterocycles. The van der Waals surface area contributed by atoms with Crippen molar-refractivity contribution in [3.8, 4) is 0 Å². The van der Waals surface area contributed by atoms with Crippen molar-refractivity contribution in [1.29, 1.82) is 0 Å². The van der Waals surface area contributed by atoms with Crippen LogP contribution in [0.25, 0.3) is 12.2 Å². The summed E-state index contributed by atoms with van der Waals surface area (Å²) in [5.41, 5.74) is 4.39. The second-order valence-corrected chi connectivity index (χ2v) is 13.8. The van der Waals surface area contributed by atoms with Gasteiger partial charge < -0.3 is 20.4 Å². The van der Waals surface area contributed by atoms with Crippen LogP contribution in [0.1, 0.15) is 57.5 Å². The zero-order chi connectivity index (χ0) is 35.0. The molecular formula is C39H39N5O4S2. The number of nitrogens with one attached hydrogen (secondary N) is 2. The molecule has 2 atom stereocenters. The van der Waals surface area contributed by atoms with Crippen molar-refractivity contribution in [2.75, 3.05) is 36.2 Å². The molecule has 2 fully saturated rings. The van der Waals surface area contributed by atoms with Gasteiger partial charge >= 0.3 is 0 Å². The largest absolute Gasteiger partial charge is 0.327 e. The lowest BCUT2D eigenvalue weighted by Gasteiger charge is -2.25. The molecule has 0 bridgehead atoms. The number of aromatic nitrogens is 1. The number of hydrogen-bond acceptors (Lipinski definition) is 7. The van der Waals surface area contributed by atoms with Gasteiger partial charge in [0, 0.05) is 35.6 Å². The van der Waals surface area contributed by atoms with Crippen molar-refractivity contribution >= 4 is 70.7 Å². The molecule has 0 aliphatic carbocycles. The van der Waals surface area contributed by atoms with Crippen LogP contribution in [0.15, 0.2) is 101 Å². The average molecular weight is 706 g/mol. The molecule has 9 nitrogen and oxygen atoms in total. The summed E-state index contributed by atoms with van der Waals surface area (Å²) in [5.74, 6) is -0.661. The Morgan fingerprint density at radius 2 is 1.16 bits per heavy atom. The monoisotopic (exact) mass is 705 g/mol. The number of carbonyl (C=O) groups excluding carboxylic acids is 4. The quantitative estimate of drug-likeness (QED) is 0.133. The van der Waals surface area contributed by atoms with Crippen LogP contribution in [-0.2, 0) is 9.59 Å². The van der Waals surface area contributed by atoms with Gasteiger partial charge in [-0.2, -0.15) is 0 Å². The van der Waals surface area contributed by atoms with Crippen molar-refractivity contribution in [1.82, 2.24) is 14.8 Å². The van der Waals surface area contributed by atoms with Crippen LogP contribution in [0, 0.1) is 0 Å². The highest BCUT2D eigenvalue weighted by Crippen LogP contribution is 2.28. The Bertz CT molecular complexity index is 1760. The number of likely N-dealkylation sites (tertiary alicyclic amines) is 2. The first-order chi connectivity index (χ1) is 24.4. The summed E-state index contributed by atoms with van der Waals surface area (Å²) in [4.78, 5) is 61.6. The Labute approximate surface area is 300 Å². The molecule has 3 heterocycles. The molecular weight excluding hydrogens is 667 g/mol. The maximum Gasteiger partial charge on any atom is 0.257 e. The van der Waals surface area contributed by atoms with E-state index in [4.69, 9.17) is 0 Å². The molecule has 2 aliphatic rings. The van der Waals surface area contributed by atoms with Crippen LogP contribution in [0.3, 0.4) is 0 Å². The normalized spacial score (nSPS) is 17.2. The second-order valence-electron chi connectivity index (χ2n) is 12.1. The molecule has 0 saturated carbocycles. The molecule has 0 radical (unpaired) electrons. The van der Waals surface area contributed by atoms with Gasteiger partial charge in [0.05, 0.1) is 11.1 Å². The Kier molecular flexibility index (Phi) is 11.3. The molecule has 6 rings (SSSR count). The Morgan fingerprint density at radius 3 is 1.68 bits per heavy atom. The van der Waals surface area contributed by atoms with Gasteiger partial charge in [-0.25, -0.2) is 4.98 Å². The maximum absolute atomic E-state index is 13.3. The molecule has 0 unspecified atom stereocenters. The minimum absolute atomic E-state index is 0.109. The van der Waals surface area contributed by atoms with Gasteiger partial charge in [0.1, 0.15) is 17.1 Å². The minimum atomic E-state index is -0.535. The predicted molar refractivity (Wildman–Crippen MR) is 201 cm³/mol. The first kappa shape index (κ1) is 35.0. The Hall–Kier alpha value is -4.87. The summed E-state index contributed by atoms with van der Waals surface area (Å²) in [6.07, 6.45) is 12.2. The number of carbonyl (C=O) groups is 4. The van der Waals surface area contributed by atoms with Crippen LogP contribution >= 0.6 is 23.5 Å². The zero-order valence-electron chi connectivity index (χ0n) is 28.0. The van der Waals surface area contributed by atoms with E-state index in [0.717, 1.165) is 28.9 Å². The fraction of sp³-hybridized carbons (Fsp3) is 0.256. The molecule has 4 amide bonds. The lowest BCUT2D eigenvalue weighted by Crippen LogP contribution is -2.43. The number of nitrogens with zero attached hydrogens (tertiary/aromatic N) is 3. The van der Waals surface area contributed by atoms with E-state index in [2.05, 4.69) is 15.6 Å². The number of rotatable bonds is 10. The van der Waals surface area contributed by atoms with Gasteiger partial charge in [-0.1, -0.05) is 48.6 Å². The van der Waals surface area contributed by atoms with Crippen LogP contribution in [-0.4, -0.2) is 76.1 Å². The Balaban J connectivity index is 1.02. The fourth-order valence-corrected chi connectivity index (χ4v) is 7.54. The third-order valence-electron chi connectivity index (χ3n) is 8.99. The lowest BCUT2D eigenvalue weighted by molar-refractivity contribution is -0.120. The van der Waals surface area contributed by atoms with Crippen molar-refractivity contribution < 1.29 is 19.2 Å². The molecule has 256 valence electrons. The Morgan fingerprint density at radius 1 is 0.660 bits per heavy atom. The van der Waals surface area contributed by atoms with Crippen molar-refractivity contribution in [3.05, 3.63) is 113 Å². The summed E-state index contributed by atoms with van der Waals surface area (Å²) in [6, 6.07) is 25.1. The average Bonchev–Trinajstić information content (AvgIpc) is 3.86. The number of benzene rings is 3. The minimum Gasteiger partial charge on any atom is -0.327 e. The van der Waals surface area contributed by atoms with E-state index >= 15 is 0 Å². The third-order valence-corrected chi connectivity index (χ3v) is 10.5. The standard InChI is InChI=1S/C39H39N5O4S2/c1-49-34-12-4-3-8-30(34)38(47)43-24-6-10-32(43)35(45)41-28-19-15-26(16-20-28)13-14-27-17-21-29(22-18-27)42-36(46)33-11-7-25-44(33)39(48)31-9-5-23-40-37(31)50-2/h3-5,8-9,12-23,32-33H,6-7,10-11,24-25H2,1-2H3,(H,41,45)(H,42,46)/b14-13+/t32-,33-/m0/s1. The molecule has 4 aromatic rings. The number of thioether (sulfide) groups is 2. The number of anilines is 2.